The van der Waals surface area contributed by atoms with Crippen LogP contribution in [0.1, 0.15) is 27.1 Å². The largest absolute Gasteiger partial charge is 0.465 e. The second kappa shape index (κ2) is 8.64. The third-order valence-electron chi connectivity index (χ3n) is 4.57. The quantitative estimate of drug-likeness (QED) is 0.547. The lowest BCUT2D eigenvalue weighted by molar-refractivity contribution is -0.147. The van der Waals surface area contributed by atoms with Gasteiger partial charge in [-0.1, -0.05) is 0 Å². The molecule has 0 bridgehead atoms. The zero-order valence-corrected chi connectivity index (χ0v) is 15.6. The number of hydrogen-bond acceptors (Lipinski definition) is 6. The van der Waals surface area contributed by atoms with Gasteiger partial charge in [0.15, 0.2) is 12.4 Å². The van der Waals surface area contributed by atoms with Crippen molar-refractivity contribution < 1.29 is 33.0 Å². The Morgan fingerprint density at radius 3 is 2.28 bits per heavy atom. The van der Waals surface area contributed by atoms with Crippen LogP contribution >= 0.6 is 0 Å². The van der Waals surface area contributed by atoms with Crippen molar-refractivity contribution >= 4 is 29.3 Å². The van der Waals surface area contributed by atoms with Gasteiger partial charge >= 0.3 is 11.9 Å². The average molecular weight is 399 g/mol. The van der Waals surface area contributed by atoms with Crippen molar-refractivity contribution in [3.05, 3.63) is 65.5 Å². The number of nitrogens with zero attached hydrogens (tertiary/aromatic N) is 1. The van der Waals surface area contributed by atoms with E-state index in [9.17, 15) is 23.6 Å². The number of Topliss-reactive ketones (excluding diaryl/α,β-unsaturated/α-hetero) is 1. The molecule has 2 aromatic carbocycles. The maximum Gasteiger partial charge on any atom is 0.337 e. The number of ether oxygens (including phenoxy) is 2. The lowest BCUT2D eigenvalue weighted by Crippen LogP contribution is -2.27. The number of methoxy groups -OCH3 is 1. The van der Waals surface area contributed by atoms with E-state index in [0.29, 0.717) is 11.3 Å². The molecule has 8 heteroatoms. The summed E-state index contributed by atoms with van der Waals surface area (Å²) in [4.78, 5) is 49.5. The van der Waals surface area contributed by atoms with E-state index in [4.69, 9.17) is 4.74 Å². The molecule has 0 aromatic heterocycles. The molecule has 3 rings (SSSR count). The highest BCUT2D eigenvalue weighted by Crippen LogP contribution is 2.26. The first kappa shape index (κ1) is 20.2. The predicted molar refractivity (Wildman–Crippen MR) is 99.9 cm³/mol. The molecule has 0 aliphatic carbocycles. The second-order valence-corrected chi connectivity index (χ2v) is 6.48. The first-order valence-corrected chi connectivity index (χ1v) is 8.83. The number of halogens is 1. The molecule has 0 saturated carbocycles. The van der Waals surface area contributed by atoms with E-state index in [0.717, 1.165) is 12.1 Å². The van der Waals surface area contributed by atoms with Gasteiger partial charge in [-0.25, -0.2) is 9.18 Å². The van der Waals surface area contributed by atoms with Crippen molar-refractivity contribution in [2.75, 3.05) is 25.2 Å². The highest BCUT2D eigenvalue weighted by atomic mass is 19.1. The molecule has 1 fully saturated rings. The Morgan fingerprint density at radius 2 is 1.66 bits per heavy atom. The van der Waals surface area contributed by atoms with Crippen molar-refractivity contribution in [2.24, 2.45) is 5.92 Å². The molecular weight excluding hydrogens is 381 g/mol. The highest BCUT2D eigenvalue weighted by Gasteiger charge is 2.36. The first-order valence-electron chi connectivity index (χ1n) is 8.83. The predicted octanol–water partition coefficient (Wildman–Crippen LogP) is 2.39. The Bertz CT molecular complexity index is 939. The van der Waals surface area contributed by atoms with Crippen LogP contribution in [0.3, 0.4) is 0 Å². The Hall–Kier alpha value is -3.55. The molecule has 0 N–H and O–H groups in total. The molecule has 0 unspecified atom stereocenters. The average Bonchev–Trinajstić information content (AvgIpc) is 3.13. The van der Waals surface area contributed by atoms with E-state index in [1.807, 2.05) is 0 Å². The summed E-state index contributed by atoms with van der Waals surface area (Å²) < 4.78 is 22.6. The van der Waals surface area contributed by atoms with Gasteiger partial charge in [0.2, 0.25) is 5.91 Å². The highest BCUT2D eigenvalue weighted by molar-refractivity contribution is 6.01. The molecule has 1 heterocycles. The van der Waals surface area contributed by atoms with Crippen LogP contribution in [0.5, 0.6) is 0 Å². The number of benzene rings is 2. The summed E-state index contributed by atoms with van der Waals surface area (Å²) in [6, 6.07) is 11.2. The van der Waals surface area contributed by atoms with Crippen LogP contribution in [-0.2, 0) is 19.1 Å². The van der Waals surface area contributed by atoms with Crippen molar-refractivity contribution in [2.45, 2.75) is 6.42 Å². The zero-order chi connectivity index (χ0) is 21.0. The fourth-order valence-corrected chi connectivity index (χ4v) is 2.98. The van der Waals surface area contributed by atoms with Gasteiger partial charge in [-0.15, -0.1) is 0 Å². The lowest BCUT2D eigenvalue weighted by Gasteiger charge is -2.16. The van der Waals surface area contributed by atoms with E-state index in [1.165, 1.54) is 36.3 Å². The van der Waals surface area contributed by atoms with Gasteiger partial charge in [-0.05, 0) is 48.5 Å². The SMILES string of the molecule is COC(=O)c1ccc(N2C[C@@H](C(=O)OCC(=O)c3ccc(F)cc3)CC2=O)cc1. The topological polar surface area (TPSA) is 90.0 Å². The zero-order valence-electron chi connectivity index (χ0n) is 15.6. The molecule has 1 aliphatic heterocycles. The Labute approximate surface area is 166 Å². The minimum absolute atomic E-state index is 0.0394. The monoisotopic (exact) mass is 399 g/mol. The van der Waals surface area contributed by atoms with Gasteiger partial charge in [0.25, 0.3) is 0 Å². The van der Waals surface area contributed by atoms with E-state index >= 15 is 0 Å². The number of hydrogen-bond donors (Lipinski definition) is 0. The molecule has 0 spiro atoms. The summed E-state index contributed by atoms with van der Waals surface area (Å²) in [6.07, 6.45) is -0.0394. The number of ketones is 1. The van der Waals surface area contributed by atoms with E-state index < -0.39 is 36.1 Å². The van der Waals surface area contributed by atoms with Crippen LogP contribution in [0.25, 0.3) is 0 Å². The molecule has 29 heavy (non-hydrogen) atoms. The van der Waals surface area contributed by atoms with Crippen LogP contribution in [0, 0.1) is 11.7 Å². The van der Waals surface area contributed by atoms with Crippen molar-refractivity contribution in [3.8, 4) is 0 Å². The van der Waals surface area contributed by atoms with Crippen LogP contribution in [0.2, 0.25) is 0 Å². The van der Waals surface area contributed by atoms with Gasteiger partial charge < -0.3 is 14.4 Å². The third-order valence-corrected chi connectivity index (χ3v) is 4.57. The van der Waals surface area contributed by atoms with Crippen LogP contribution in [-0.4, -0.2) is 43.9 Å². The van der Waals surface area contributed by atoms with Gasteiger partial charge in [-0.2, -0.15) is 0 Å². The smallest absolute Gasteiger partial charge is 0.337 e. The summed E-state index contributed by atoms with van der Waals surface area (Å²) in [5, 5.41) is 0. The molecule has 1 aliphatic rings. The van der Waals surface area contributed by atoms with E-state index in [-0.39, 0.29) is 24.4 Å². The third kappa shape index (κ3) is 4.66. The first-order chi connectivity index (χ1) is 13.9. The molecule has 2 aromatic rings. The summed E-state index contributed by atoms with van der Waals surface area (Å²) >= 11 is 0. The standard InChI is InChI=1S/C21H18FNO6/c1-28-20(26)14-4-8-17(9-5-14)23-11-15(10-19(23)25)21(27)29-12-18(24)13-2-6-16(22)7-3-13/h2-9,15H,10-12H2,1H3/t15-/m0/s1. The van der Waals surface area contributed by atoms with Crippen molar-refractivity contribution in [1.82, 2.24) is 0 Å². The lowest BCUT2D eigenvalue weighted by atomic mass is 10.1. The molecule has 0 radical (unpaired) electrons. The second-order valence-electron chi connectivity index (χ2n) is 6.48. The molecule has 1 saturated heterocycles. The van der Waals surface area contributed by atoms with Gasteiger partial charge in [0, 0.05) is 24.2 Å². The minimum atomic E-state index is -0.705. The molecule has 150 valence electrons. The molecule has 1 atom stereocenters. The van der Waals surface area contributed by atoms with Crippen LogP contribution in [0.4, 0.5) is 10.1 Å². The normalized spacial score (nSPS) is 15.9. The number of esters is 2. The molecule has 1 amide bonds. The van der Waals surface area contributed by atoms with Crippen LogP contribution in [0.15, 0.2) is 48.5 Å². The van der Waals surface area contributed by atoms with Crippen molar-refractivity contribution in [1.29, 1.82) is 0 Å². The maximum atomic E-state index is 12.9. The van der Waals surface area contributed by atoms with E-state index in [1.54, 1.807) is 12.1 Å². The summed E-state index contributed by atoms with van der Waals surface area (Å²) in [5.74, 6) is -3.04. The van der Waals surface area contributed by atoms with Gasteiger partial charge in [-0.3, -0.25) is 14.4 Å². The van der Waals surface area contributed by atoms with E-state index in [2.05, 4.69) is 4.74 Å². The number of rotatable bonds is 6. The fourth-order valence-electron chi connectivity index (χ4n) is 2.98. The number of anilines is 1. The number of carbonyl (C=O) groups is 4. The van der Waals surface area contributed by atoms with Crippen molar-refractivity contribution in [3.63, 3.8) is 0 Å². The molecule has 7 nitrogen and oxygen atoms in total. The maximum absolute atomic E-state index is 12.9. The fraction of sp³-hybridized carbons (Fsp3) is 0.238. The Kier molecular flexibility index (Phi) is 6.01. The summed E-state index contributed by atoms with van der Waals surface area (Å²) in [7, 11) is 1.28. The Balaban J connectivity index is 1.57. The summed E-state index contributed by atoms with van der Waals surface area (Å²) in [6.45, 7) is -0.372. The molecular formula is C21H18FNO6. The number of carbonyl (C=O) groups excluding carboxylic acids is 4. The number of amides is 1. The van der Waals surface area contributed by atoms with Gasteiger partial charge in [0.05, 0.1) is 18.6 Å². The van der Waals surface area contributed by atoms with Gasteiger partial charge in [0.1, 0.15) is 5.82 Å². The van der Waals surface area contributed by atoms with Crippen LogP contribution < -0.4 is 4.90 Å². The Morgan fingerprint density at radius 1 is 1.03 bits per heavy atom. The summed E-state index contributed by atoms with van der Waals surface area (Å²) in [5.41, 5.74) is 1.12. The minimum Gasteiger partial charge on any atom is -0.465 e.